The van der Waals surface area contributed by atoms with Crippen LogP contribution in [0.4, 0.5) is 0 Å². The van der Waals surface area contributed by atoms with Crippen LogP contribution in [0.25, 0.3) is 11.1 Å². The van der Waals surface area contributed by atoms with E-state index in [2.05, 4.69) is 15.0 Å². The van der Waals surface area contributed by atoms with E-state index in [9.17, 15) is 0 Å². The highest BCUT2D eigenvalue weighted by molar-refractivity contribution is 5.72. The second-order valence-electron chi connectivity index (χ2n) is 4.92. The molecule has 0 saturated heterocycles. The Labute approximate surface area is 145 Å². The first kappa shape index (κ1) is 16.5. The van der Waals surface area contributed by atoms with E-state index in [0.717, 1.165) is 16.9 Å². The predicted molar refractivity (Wildman–Crippen MR) is 91.4 cm³/mol. The van der Waals surface area contributed by atoms with Gasteiger partial charge in [-0.25, -0.2) is 0 Å². The normalized spacial score (nSPS) is 10.2. The molecule has 0 N–H and O–H groups in total. The van der Waals surface area contributed by atoms with Crippen LogP contribution in [0.15, 0.2) is 48.5 Å². The molecule has 3 rings (SSSR count). The molecular weight excluding hydrogens is 322 g/mol. The average Bonchev–Trinajstić information content (AvgIpc) is 2.68. The first-order chi connectivity index (χ1) is 12.2. The van der Waals surface area contributed by atoms with Gasteiger partial charge in [0.1, 0.15) is 11.5 Å². The highest BCUT2D eigenvalue weighted by atomic mass is 16.5. The second kappa shape index (κ2) is 7.48. The molecule has 0 bridgehead atoms. The van der Waals surface area contributed by atoms with E-state index < -0.39 is 0 Å². The summed E-state index contributed by atoms with van der Waals surface area (Å²) in [5, 5.41) is 0. The van der Waals surface area contributed by atoms with Crippen LogP contribution in [-0.4, -0.2) is 36.3 Å². The van der Waals surface area contributed by atoms with E-state index in [4.69, 9.17) is 18.9 Å². The van der Waals surface area contributed by atoms with Crippen LogP contribution in [0.1, 0.15) is 0 Å². The SMILES string of the molecule is COc1nc(OC)nc(Oc2ccc(OC)c(-c3ccccc3)c2)n1. The average molecular weight is 339 g/mol. The summed E-state index contributed by atoms with van der Waals surface area (Å²) in [6, 6.07) is 15.6. The smallest absolute Gasteiger partial charge is 0.331 e. The van der Waals surface area contributed by atoms with Crippen molar-refractivity contribution in [2.24, 2.45) is 0 Å². The number of ether oxygens (including phenoxy) is 4. The van der Waals surface area contributed by atoms with Crippen molar-refractivity contribution in [3.05, 3.63) is 48.5 Å². The van der Waals surface area contributed by atoms with Gasteiger partial charge in [0.2, 0.25) is 0 Å². The number of hydrogen-bond acceptors (Lipinski definition) is 7. The third-order valence-corrected chi connectivity index (χ3v) is 3.40. The van der Waals surface area contributed by atoms with Gasteiger partial charge in [-0.3, -0.25) is 0 Å². The zero-order chi connectivity index (χ0) is 17.6. The molecule has 128 valence electrons. The lowest BCUT2D eigenvalue weighted by Crippen LogP contribution is -2.01. The summed E-state index contributed by atoms with van der Waals surface area (Å²) in [7, 11) is 4.54. The van der Waals surface area contributed by atoms with Crippen molar-refractivity contribution >= 4 is 0 Å². The monoisotopic (exact) mass is 339 g/mol. The second-order valence-corrected chi connectivity index (χ2v) is 4.92. The van der Waals surface area contributed by atoms with Gasteiger partial charge in [-0.05, 0) is 23.8 Å². The molecule has 1 heterocycles. The first-order valence-corrected chi connectivity index (χ1v) is 7.49. The summed E-state index contributed by atoms with van der Waals surface area (Å²) < 4.78 is 21.2. The molecule has 0 amide bonds. The summed E-state index contributed by atoms with van der Waals surface area (Å²) in [6.07, 6.45) is 0. The van der Waals surface area contributed by atoms with Crippen LogP contribution in [0.2, 0.25) is 0 Å². The van der Waals surface area contributed by atoms with E-state index in [1.54, 1.807) is 13.2 Å². The van der Waals surface area contributed by atoms with Gasteiger partial charge in [0, 0.05) is 5.56 Å². The summed E-state index contributed by atoms with van der Waals surface area (Å²) in [5.41, 5.74) is 1.91. The molecule has 0 unspecified atom stereocenters. The molecule has 0 radical (unpaired) electrons. The quantitative estimate of drug-likeness (QED) is 0.681. The number of methoxy groups -OCH3 is 3. The van der Waals surface area contributed by atoms with Gasteiger partial charge in [-0.1, -0.05) is 30.3 Å². The summed E-state index contributed by atoms with van der Waals surface area (Å²) >= 11 is 0. The van der Waals surface area contributed by atoms with Gasteiger partial charge in [-0.2, -0.15) is 0 Å². The molecule has 0 aliphatic carbocycles. The molecular formula is C18H17N3O4. The molecule has 0 saturated carbocycles. The lowest BCUT2D eigenvalue weighted by Gasteiger charge is -2.11. The molecule has 7 heteroatoms. The Morgan fingerprint density at radius 3 is 1.92 bits per heavy atom. The maximum absolute atomic E-state index is 5.75. The van der Waals surface area contributed by atoms with Crippen LogP contribution in [0.3, 0.4) is 0 Å². The molecule has 0 fully saturated rings. The van der Waals surface area contributed by atoms with Crippen molar-refractivity contribution in [3.8, 4) is 40.7 Å². The Kier molecular flexibility index (Phi) is 4.94. The Morgan fingerprint density at radius 2 is 1.32 bits per heavy atom. The third kappa shape index (κ3) is 3.77. The van der Waals surface area contributed by atoms with E-state index in [0.29, 0.717) is 5.75 Å². The van der Waals surface area contributed by atoms with E-state index in [1.807, 2.05) is 42.5 Å². The van der Waals surface area contributed by atoms with E-state index >= 15 is 0 Å². The fraction of sp³-hybridized carbons (Fsp3) is 0.167. The zero-order valence-electron chi connectivity index (χ0n) is 14.1. The van der Waals surface area contributed by atoms with Crippen molar-refractivity contribution in [1.82, 2.24) is 15.0 Å². The molecule has 0 atom stereocenters. The minimum absolute atomic E-state index is 0.0767. The van der Waals surface area contributed by atoms with Crippen LogP contribution in [0, 0.1) is 0 Å². The third-order valence-electron chi connectivity index (χ3n) is 3.40. The molecule has 0 aliphatic heterocycles. The summed E-state index contributed by atoms with van der Waals surface area (Å²) in [6.45, 7) is 0. The van der Waals surface area contributed by atoms with Crippen molar-refractivity contribution < 1.29 is 18.9 Å². The zero-order valence-corrected chi connectivity index (χ0v) is 14.1. The lowest BCUT2D eigenvalue weighted by atomic mass is 10.0. The van der Waals surface area contributed by atoms with E-state index in [1.165, 1.54) is 14.2 Å². The van der Waals surface area contributed by atoms with E-state index in [-0.39, 0.29) is 18.0 Å². The van der Waals surface area contributed by atoms with Crippen molar-refractivity contribution in [1.29, 1.82) is 0 Å². The number of benzene rings is 2. The fourth-order valence-electron chi connectivity index (χ4n) is 2.25. The molecule has 0 spiro atoms. The number of aromatic nitrogens is 3. The van der Waals surface area contributed by atoms with Gasteiger partial charge in [-0.15, -0.1) is 15.0 Å². The largest absolute Gasteiger partial charge is 0.496 e. The van der Waals surface area contributed by atoms with Gasteiger partial charge < -0.3 is 18.9 Å². The van der Waals surface area contributed by atoms with Gasteiger partial charge >= 0.3 is 18.0 Å². The molecule has 7 nitrogen and oxygen atoms in total. The number of hydrogen-bond donors (Lipinski definition) is 0. The molecule has 0 aliphatic rings. The standard InChI is InChI=1S/C18H17N3O4/c1-22-15-10-9-13(11-14(15)12-7-5-4-6-8-12)25-18-20-16(23-2)19-17(21-18)24-3/h4-11H,1-3H3. The van der Waals surface area contributed by atoms with Gasteiger partial charge in [0.05, 0.1) is 21.3 Å². The molecule has 3 aromatic rings. The van der Waals surface area contributed by atoms with Crippen LogP contribution in [0.5, 0.6) is 29.5 Å². The Morgan fingerprint density at radius 1 is 0.680 bits per heavy atom. The minimum atomic E-state index is 0.0767. The summed E-state index contributed by atoms with van der Waals surface area (Å²) in [4.78, 5) is 12.1. The predicted octanol–water partition coefficient (Wildman–Crippen LogP) is 3.36. The number of nitrogens with zero attached hydrogens (tertiary/aromatic N) is 3. The minimum Gasteiger partial charge on any atom is -0.496 e. The number of rotatable bonds is 6. The molecule has 2 aromatic carbocycles. The first-order valence-electron chi connectivity index (χ1n) is 7.49. The maximum Gasteiger partial charge on any atom is 0.331 e. The van der Waals surface area contributed by atoms with Crippen molar-refractivity contribution in [2.75, 3.05) is 21.3 Å². The van der Waals surface area contributed by atoms with Gasteiger partial charge in [0.25, 0.3) is 0 Å². The molecule has 25 heavy (non-hydrogen) atoms. The van der Waals surface area contributed by atoms with Crippen LogP contribution < -0.4 is 18.9 Å². The van der Waals surface area contributed by atoms with Crippen molar-refractivity contribution in [2.45, 2.75) is 0 Å². The van der Waals surface area contributed by atoms with Crippen LogP contribution >= 0.6 is 0 Å². The van der Waals surface area contributed by atoms with Gasteiger partial charge in [0.15, 0.2) is 0 Å². The fourth-order valence-corrected chi connectivity index (χ4v) is 2.25. The maximum atomic E-state index is 5.75. The topological polar surface area (TPSA) is 75.6 Å². The van der Waals surface area contributed by atoms with Crippen molar-refractivity contribution in [3.63, 3.8) is 0 Å². The highest BCUT2D eigenvalue weighted by Crippen LogP contribution is 2.34. The Balaban J connectivity index is 1.96. The highest BCUT2D eigenvalue weighted by Gasteiger charge is 2.12. The van der Waals surface area contributed by atoms with Crippen LogP contribution in [-0.2, 0) is 0 Å². The lowest BCUT2D eigenvalue weighted by molar-refractivity contribution is 0.320. The Bertz CT molecular complexity index is 834. The molecule has 1 aromatic heterocycles. The Hall–Kier alpha value is -3.35. The summed E-state index contributed by atoms with van der Waals surface area (Å²) in [5.74, 6) is 1.29.